The molecule has 4 rings (SSSR count). The summed E-state index contributed by atoms with van der Waals surface area (Å²) in [6.07, 6.45) is 5.08. The smallest absolute Gasteiger partial charge is 0.272 e. The molecule has 1 aliphatic rings. The van der Waals surface area contributed by atoms with E-state index in [0.29, 0.717) is 25.3 Å². The Balaban J connectivity index is 1.61. The normalized spacial score (nSPS) is 14.1. The predicted molar refractivity (Wildman–Crippen MR) is 77.9 cm³/mol. The summed E-state index contributed by atoms with van der Waals surface area (Å²) in [5.41, 5.74) is 1.54. The minimum absolute atomic E-state index is 0.0196. The fourth-order valence-electron chi connectivity index (χ4n) is 2.80. The second kappa shape index (κ2) is 4.87. The van der Waals surface area contributed by atoms with Crippen molar-refractivity contribution >= 4 is 5.91 Å². The zero-order chi connectivity index (χ0) is 15.1. The minimum atomic E-state index is -0.0196. The fourth-order valence-corrected chi connectivity index (χ4v) is 2.80. The maximum Gasteiger partial charge on any atom is 0.272 e. The molecule has 112 valence electrons. The van der Waals surface area contributed by atoms with E-state index in [1.54, 1.807) is 41.4 Å². The number of furan rings is 1. The monoisotopic (exact) mass is 297 g/mol. The lowest BCUT2D eigenvalue weighted by atomic mass is 10.2. The van der Waals surface area contributed by atoms with E-state index < -0.39 is 0 Å². The van der Waals surface area contributed by atoms with Crippen LogP contribution >= 0.6 is 0 Å². The van der Waals surface area contributed by atoms with Gasteiger partial charge in [0.2, 0.25) is 0 Å². The SMILES string of the molecule is Cn1nccc1C(=O)N1CCn2c(-c3ccco3)cnc2C1. The summed E-state index contributed by atoms with van der Waals surface area (Å²) in [4.78, 5) is 18.8. The lowest BCUT2D eigenvalue weighted by Crippen LogP contribution is -2.39. The molecule has 0 radical (unpaired) electrons. The summed E-state index contributed by atoms with van der Waals surface area (Å²) in [7, 11) is 1.77. The summed E-state index contributed by atoms with van der Waals surface area (Å²) < 4.78 is 9.14. The maximum absolute atomic E-state index is 12.5. The number of carbonyl (C=O) groups is 1. The van der Waals surface area contributed by atoms with Gasteiger partial charge >= 0.3 is 0 Å². The molecule has 0 spiro atoms. The van der Waals surface area contributed by atoms with Crippen LogP contribution < -0.4 is 0 Å². The average Bonchev–Trinajstić information content (AvgIpc) is 3.25. The molecule has 4 heterocycles. The Labute approximate surface area is 126 Å². The van der Waals surface area contributed by atoms with Crippen molar-refractivity contribution in [2.45, 2.75) is 13.1 Å². The molecule has 0 fully saturated rings. The molecule has 0 aromatic carbocycles. The van der Waals surface area contributed by atoms with E-state index in [1.165, 1.54) is 0 Å². The highest BCUT2D eigenvalue weighted by Crippen LogP contribution is 2.24. The Bertz CT molecular complexity index is 815. The quantitative estimate of drug-likeness (QED) is 0.719. The molecule has 1 aliphatic heterocycles. The van der Waals surface area contributed by atoms with Gasteiger partial charge in [0.05, 0.1) is 19.0 Å². The van der Waals surface area contributed by atoms with Crippen LogP contribution in [0, 0.1) is 0 Å². The lowest BCUT2D eigenvalue weighted by Gasteiger charge is -2.28. The largest absolute Gasteiger partial charge is 0.463 e. The molecule has 0 aliphatic carbocycles. The second-order valence-electron chi connectivity index (χ2n) is 5.26. The summed E-state index contributed by atoms with van der Waals surface area (Å²) in [6.45, 7) is 1.83. The number of carbonyl (C=O) groups excluding carboxylic acids is 1. The average molecular weight is 297 g/mol. The zero-order valence-corrected chi connectivity index (χ0v) is 12.1. The van der Waals surface area contributed by atoms with Crippen LogP contribution in [0.2, 0.25) is 0 Å². The number of aryl methyl sites for hydroxylation is 1. The molecular formula is C15H15N5O2. The number of aromatic nitrogens is 4. The van der Waals surface area contributed by atoms with E-state index in [9.17, 15) is 4.79 Å². The summed E-state index contributed by atoms with van der Waals surface area (Å²) in [5.74, 6) is 1.65. The number of amides is 1. The van der Waals surface area contributed by atoms with E-state index in [1.807, 2.05) is 12.1 Å². The lowest BCUT2D eigenvalue weighted by molar-refractivity contribution is 0.0696. The Morgan fingerprint density at radius 1 is 1.32 bits per heavy atom. The number of fused-ring (bicyclic) bond motifs is 1. The van der Waals surface area contributed by atoms with Crippen LogP contribution in [0.5, 0.6) is 0 Å². The Hall–Kier alpha value is -2.83. The third kappa shape index (κ3) is 1.93. The standard InChI is InChI=1S/C15H15N5O2/c1-18-11(4-5-17-18)15(21)19-6-7-20-12(9-16-14(20)10-19)13-3-2-8-22-13/h2-5,8-9H,6-7,10H2,1H3. The van der Waals surface area contributed by atoms with Crippen LogP contribution in [-0.4, -0.2) is 36.7 Å². The highest BCUT2D eigenvalue weighted by molar-refractivity contribution is 5.92. The van der Waals surface area contributed by atoms with Gasteiger partial charge in [0.15, 0.2) is 5.76 Å². The minimum Gasteiger partial charge on any atom is -0.463 e. The van der Waals surface area contributed by atoms with Crippen LogP contribution in [0.3, 0.4) is 0 Å². The number of imidazole rings is 1. The van der Waals surface area contributed by atoms with Crippen LogP contribution in [0.25, 0.3) is 11.5 Å². The first-order valence-electron chi connectivity index (χ1n) is 7.09. The molecule has 0 bridgehead atoms. The first kappa shape index (κ1) is 12.9. The third-order valence-electron chi connectivity index (χ3n) is 3.96. The van der Waals surface area contributed by atoms with Crippen molar-refractivity contribution in [3.8, 4) is 11.5 Å². The highest BCUT2D eigenvalue weighted by Gasteiger charge is 2.26. The van der Waals surface area contributed by atoms with Gasteiger partial charge in [0.1, 0.15) is 17.2 Å². The van der Waals surface area contributed by atoms with Gasteiger partial charge in [0, 0.05) is 26.3 Å². The number of rotatable bonds is 2. The summed E-state index contributed by atoms with van der Waals surface area (Å²) in [5, 5.41) is 4.05. The Morgan fingerprint density at radius 2 is 2.23 bits per heavy atom. The predicted octanol–water partition coefficient (Wildman–Crippen LogP) is 1.53. The molecule has 7 heteroatoms. The second-order valence-corrected chi connectivity index (χ2v) is 5.26. The molecule has 3 aromatic heterocycles. The van der Waals surface area contributed by atoms with Crippen molar-refractivity contribution in [1.29, 1.82) is 0 Å². The Kier molecular flexibility index (Phi) is 2.85. The van der Waals surface area contributed by atoms with Gasteiger partial charge in [-0.25, -0.2) is 4.98 Å². The van der Waals surface area contributed by atoms with Crippen molar-refractivity contribution in [2.75, 3.05) is 6.54 Å². The van der Waals surface area contributed by atoms with Gasteiger partial charge in [-0.3, -0.25) is 9.48 Å². The van der Waals surface area contributed by atoms with Gasteiger partial charge in [0.25, 0.3) is 5.91 Å². The molecular weight excluding hydrogens is 282 g/mol. The van der Waals surface area contributed by atoms with Crippen LogP contribution in [0.4, 0.5) is 0 Å². The maximum atomic E-state index is 12.5. The zero-order valence-electron chi connectivity index (χ0n) is 12.1. The van der Waals surface area contributed by atoms with Gasteiger partial charge < -0.3 is 13.9 Å². The fraction of sp³-hybridized carbons (Fsp3) is 0.267. The Morgan fingerprint density at radius 3 is 2.95 bits per heavy atom. The van der Waals surface area contributed by atoms with Crippen LogP contribution in [0.15, 0.2) is 41.3 Å². The molecule has 0 saturated carbocycles. The van der Waals surface area contributed by atoms with Crippen molar-refractivity contribution < 1.29 is 9.21 Å². The van der Waals surface area contributed by atoms with E-state index >= 15 is 0 Å². The molecule has 0 unspecified atom stereocenters. The van der Waals surface area contributed by atoms with E-state index in [0.717, 1.165) is 17.3 Å². The topological polar surface area (TPSA) is 69.1 Å². The van der Waals surface area contributed by atoms with Gasteiger partial charge in [-0.05, 0) is 18.2 Å². The molecule has 7 nitrogen and oxygen atoms in total. The molecule has 0 atom stereocenters. The van der Waals surface area contributed by atoms with E-state index in [-0.39, 0.29) is 5.91 Å². The highest BCUT2D eigenvalue weighted by atomic mass is 16.3. The van der Waals surface area contributed by atoms with Crippen molar-refractivity contribution in [3.05, 3.63) is 48.4 Å². The van der Waals surface area contributed by atoms with Crippen molar-refractivity contribution in [2.24, 2.45) is 7.05 Å². The van der Waals surface area contributed by atoms with Crippen molar-refractivity contribution in [1.82, 2.24) is 24.2 Å². The van der Waals surface area contributed by atoms with Crippen molar-refractivity contribution in [3.63, 3.8) is 0 Å². The number of hydrogen-bond acceptors (Lipinski definition) is 4. The van der Waals surface area contributed by atoms with Gasteiger partial charge in [-0.2, -0.15) is 5.10 Å². The van der Waals surface area contributed by atoms with Gasteiger partial charge in [-0.1, -0.05) is 0 Å². The molecule has 0 saturated heterocycles. The van der Waals surface area contributed by atoms with Crippen LogP contribution in [-0.2, 0) is 20.1 Å². The molecule has 3 aromatic rings. The van der Waals surface area contributed by atoms with E-state index in [4.69, 9.17) is 4.42 Å². The summed E-state index contributed by atoms with van der Waals surface area (Å²) >= 11 is 0. The first-order valence-corrected chi connectivity index (χ1v) is 7.09. The number of nitrogens with zero attached hydrogens (tertiary/aromatic N) is 5. The molecule has 0 N–H and O–H groups in total. The third-order valence-corrected chi connectivity index (χ3v) is 3.96. The molecule has 1 amide bonds. The van der Waals surface area contributed by atoms with Crippen LogP contribution in [0.1, 0.15) is 16.3 Å². The first-order chi connectivity index (χ1) is 10.7. The van der Waals surface area contributed by atoms with E-state index in [2.05, 4.69) is 14.6 Å². The summed E-state index contributed by atoms with van der Waals surface area (Å²) in [6, 6.07) is 5.51. The van der Waals surface area contributed by atoms with Gasteiger partial charge in [-0.15, -0.1) is 0 Å². The number of hydrogen-bond donors (Lipinski definition) is 0. The molecule has 22 heavy (non-hydrogen) atoms.